The maximum atomic E-state index is 5.52. The molecule has 0 atom stereocenters. The van der Waals surface area contributed by atoms with Crippen LogP contribution in [0.25, 0.3) is 0 Å². The van der Waals surface area contributed by atoms with Crippen molar-refractivity contribution in [2.75, 3.05) is 11.0 Å². The van der Waals surface area contributed by atoms with Crippen molar-refractivity contribution < 1.29 is 4.74 Å². The molecule has 70 valence electrons. The van der Waals surface area contributed by atoms with Crippen LogP contribution >= 0.6 is 22.6 Å². The first-order valence-electron chi connectivity index (χ1n) is 4.23. The van der Waals surface area contributed by atoms with Crippen molar-refractivity contribution in [1.29, 1.82) is 0 Å². The molecular formula is C11H13IO. The molecule has 0 aliphatic heterocycles. The van der Waals surface area contributed by atoms with Crippen molar-refractivity contribution in [3.63, 3.8) is 0 Å². The van der Waals surface area contributed by atoms with Gasteiger partial charge in [0, 0.05) is 4.43 Å². The average Bonchev–Trinajstić information content (AvgIpc) is 2.17. The molecule has 0 bridgehead atoms. The van der Waals surface area contributed by atoms with Crippen LogP contribution in [0.2, 0.25) is 0 Å². The van der Waals surface area contributed by atoms with E-state index in [1.807, 2.05) is 30.3 Å². The maximum absolute atomic E-state index is 5.52. The summed E-state index contributed by atoms with van der Waals surface area (Å²) < 4.78 is 6.62. The summed E-state index contributed by atoms with van der Waals surface area (Å²) in [5.41, 5.74) is 1.15. The van der Waals surface area contributed by atoms with E-state index >= 15 is 0 Å². The van der Waals surface area contributed by atoms with Crippen molar-refractivity contribution in [3.8, 4) is 5.75 Å². The molecular weight excluding hydrogens is 275 g/mol. The van der Waals surface area contributed by atoms with Gasteiger partial charge in [0.1, 0.15) is 12.4 Å². The third kappa shape index (κ3) is 4.31. The van der Waals surface area contributed by atoms with Crippen LogP contribution in [0.5, 0.6) is 5.75 Å². The summed E-state index contributed by atoms with van der Waals surface area (Å²) in [5.74, 6) is 0.914. The molecule has 2 heteroatoms. The number of alkyl halides is 1. The zero-order chi connectivity index (χ0) is 9.52. The minimum atomic E-state index is 0.632. The van der Waals surface area contributed by atoms with E-state index in [2.05, 4.69) is 29.2 Å². The van der Waals surface area contributed by atoms with Gasteiger partial charge in [-0.15, -0.1) is 0 Å². The van der Waals surface area contributed by atoms with Gasteiger partial charge in [-0.05, 0) is 24.1 Å². The van der Waals surface area contributed by atoms with E-state index in [0.717, 1.165) is 22.2 Å². The molecule has 1 aromatic carbocycles. The molecule has 13 heavy (non-hydrogen) atoms. The predicted molar refractivity (Wildman–Crippen MR) is 64.6 cm³/mol. The summed E-state index contributed by atoms with van der Waals surface area (Å²) in [6.07, 6.45) is 1.04. The van der Waals surface area contributed by atoms with Crippen LogP contribution in [-0.4, -0.2) is 11.0 Å². The van der Waals surface area contributed by atoms with Gasteiger partial charge >= 0.3 is 0 Å². The number of para-hydroxylation sites is 1. The molecule has 0 unspecified atom stereocenters. The molecule has 0 spiro atoms. The highest BCUT2D eigenvalue weighted by Crippen LogP contribution is 2.10. The largest absolute Gasteiger partial charge is 0.489 e. The standard InChI is InChI=1S/C11H13IO/c1-10(7-8-12)9-13-11-5-3-2-4-6-11/h2-6H,1,7-9H2. The zero-order valence-electron chi connectivity index (χ0n) is 7.50. The van der Waals surface area contributed by atoms with Crippen LogP contribution in [0.15, 0.2) is 42.5 Å². The van der Waals surface area contributed by atoms with Crippen LogP contribution in [0.3, 0.4) is 0 Å². The van der Waals surface area contributed by atoms with Gasteiger partial charge in [-0.1, -0.05) is 47.4 Å². The van der Waals surface area contributed by atoms with Crippen LogP contribution in [0.4, 0.5) is 0 Å². The molecule has 0 radical (unpaired) electrons. The highest BCUT2D eigenvalue weighted by Gasteiger charge is 1.94. The van der Waals surface area contributed by atoms with E-state index in [1.54, 1.807) is 0 Å². The predicted octanol–water partition coefficient (Wildman–Crippen LogP) is 3.45. The normalized spacial score (nSPS) is 9.62. The van der Waals surface area contributed by atoms with Gasteiger partial charge < -0.3 is 4.74 Å². The van der Waals surface area contributed by atoms with Crippen LogP contribution in [0.1, 0.15) is 6.42 Å². The highest BCUT2D eigenvalue weighted by molar-refractivity contribution is 14.1. The number of rotatable bonds is 5. The van der Waals surface area contributed by atoms with Crippen molar-refractivity contribution in [2.24, 2.45) is 0 Å². The lowest BCUT2D eigenvalue weighted by Gasteiger charge is -2.06. The van der Waals surface area contributed by atoms with Crippen LogP contribution < -0.4 is 4.74 Å². The minimum absolute atomic E-state index is 0.632. The average molecular weight is 288 g/mol. The summed E-state index contributed by atoms with van der Waals surface area (Å²) in [7, 11) is 0. The van der Waals surface area contributed by atoms with Gasteiger partial charge in [-0.2, -0.15) is 0 Å². The number of hydrogen-bond acceptors (Lipinski definition) is 1. The van der Waals surface area contributed by atoms with E-state index in [0.29, 0.717) is 6.61 Å². The second-order valence-corrected chi connectivity index (χ2v) is 3.87. The molecule has 1 rings (SSSR count). The van der Waals surface area contributed by atoms with Gasteiger partial charge in [0.05, 0.1) is 0 Å². The Hall–Kier alpha value is -0.510. The summed E-state index contributed by atoms with van der Waals surface area (Å²) in [4.78, 5) is 0. The van der Waals surface area contributed by atoms with Crippen LogP contribution in [-0.2, 0) is 0 Å². The first-order chi connectivity index (χ1) is 6.33. The molecule has 0 N–H and O–H groups in total. The third-order valence-electron chi connectivity index (χ3n) is 1.63. The van der Waals surface area contributed by atoms with Gasteiger partial charge in [-0.3, -0.25) is 0 Å². The fraction of sp³-hybridized carbons (Fsp3) is 0.273. The number of benzene rings is 1. The molecule has 0 aliphatic carbocycles. The summed E-state index contributed by atoms with van der Waals surface area (Å²) >= 11 is 2.34. The summed E-state index contributed by atoms with van der Waals surface area (Å²) in [6, 6.07) is 9.83. The molecule has 1 aromatic rings. The lowest BCUT2D eigenvalue weighted by molar-refractivity contribution is 0.349. The molecule has 1 nitrogen and oxygen atoms in total. The lowest BCUT2D eigenvalue weighted by Crippen LogP contribution is -2.00. The first-order valence-corrected chi connectivity index (χ1v) is 5.76. The SMILES string of the molecule is C=C(CCI)COc1ccccc1. The molecule has 0 heterocycles. The van der Waals surface area contributed by atoms with Crippen molar-refractivity contribution >= 4 is 22.6 Å². The van der Waals surface area contributed by atoms with Crippen molar-refractivity contribution in [1.82, 2.24) is 0 Å². The summed E-state index contributed by atoms with van der Waals surface area (Å²) in [6.45, 7) is 4.56. The van der Waals surface area contributed by atoms with Gasteiger partial charge in [0.25, 0.3) is 0 Å². The Bertz CT molecular complexity index is 256. The molecule has 0 saturated carbocycles. The van der Waals surface area contributed by atoms with E-state index in [1.165, 1.54) is 0 Å². The van der Waals surface area contributed by atoms with Crippen LogP contribution in [0, 0.1) is 0 Å². The monoisotopic (exact) mass is 288 g/mol. The fourth-order valence-electron chi connectivity index (χ4n) is 0.908. The first kappa shape index (κ1) is 10.6. The van der Waals surface area contributed by atoms with Gasteiger partial charge in [-0.25, -0.2) is 0 Å². The Labute approximate surface area is 92.9 Å². The number of halogens is 1. The fourth-order valence-corrected chi connectivity index (χ4v) is 1.67. The van der Waals surface area contributed by atoms with Gasteiger partial charge in [0.15, 0.2) is 0 Å². The summed E-state index contributed by atoms with van der Waals surface area (Å²) in [5, 5.41) is 0. The van der Waals surface area contributed by atoms with Crippen molar-refractivity contribution in [2.45, 2.75) is 6.42 Å². The second kappa shape index (κ2) is 6.02. The Kier molecular flexibility index (Phi) is 4.90. The number of ether oxygens (including phenoxy) is 1. The topological polar surface area (TPSA) is 9.23 Å². The van der Waals surface area contributed by atoms with E-state index in [4.69, 9.17) is 4.74 Å². The van der Waals surface area contributed by atoms with E-state index in [-0.39, 0.29) is 0 Å². The number of hydrogen-bond donors (Lipinski definition) is 0. The van der Waals surface area contributed by atoms with Gasteiger partial charge in [0.2, 0.25) is 0 Å². The zero-order valence-corrected chi connectivity index (χ0v) is 9.66. The minimum Gasteiger partial charge on any atom is -0.489 e. The third-order valence-corrected chi connectivity index (χ3v) is 2.17. The van der Waals surface area contributed by atoms with Crippen molar-refractivity contribution in [3.05, 3.63) is 42.5 Å². The smallest absolute Gasteiger partial charge is 0.119 e. The Morgan fingerprint density at radius 3 is 2.62 bits per heavy atom. The maximum Gasteiger partial charge on any atom is 0.119 e. The Morgan fingerprint density at radius 1 is 1.31 bits per heavy atom. The highest BCUT2D eigenvalue weighted by atomic mass is 127. The molecule has 0 fully saturated rings. The Morgan fingerprint density at radius 2 is 2.00 bits per heavy atom. The quantitative estimate of drug-likeness (QED) is 0.458. The Balaban J connectivity index is 2.31. The molecule has 0 aromatic heterocycles. The molecule has 0 amide bonds. The lowest BCUT2D eigenvalue weighted by atomic mass is 10.2. The molecule has 0 saturated heterocycles. The molecule has 0 aliphatic rings. The second-order valence-electron chi connectivity index (χ2n) is 2.79. The van der Waals surface area contributed by atoms with E-state index < -0.39 is 0 Å². The van der Waals surface area contributed by atoms with E-state index in [9.17, 15) is 0 Å².